The Hall–Kier alpha value is -2.47. The largest absolute Gasteiger partial charge is 0.397 e. The van der Waals surface area contributed by atoms with Crippen molar-refractivity contribution < 1.29 is 4.79 Å². The first-order valence-electron chi connectivity index (χ1n) is 6.02. The molecule has 0 unspecified atom stereocenters. The maximum Gasteiger partial charge on any atom is 0.267 e. The molecule has 0 saturated heterocycles. The number of carbonyl (C=O) groups excluding carboxylic acids is 1. The molecule has 5 nitrogen and oxygen atoms in total. The molecule has 0 aliphatic heterocycles. The Morgan fingerprint density at radius 1 is 1.35 bits per heavy atom. The van der Waals surface area contributed by atoms with Gasteiger partial charge in [0.25, 0.3) is 5.91 Å². The summed E-state index contributed by atoms with van der Waals surface area (Å²) in [7, 11) is 0. The van der Waals surface area contributed by atoms with Crippen molar-refractivity contribution in [1.82, 2.24) is 9.97 Å². The van der Waals surface area contributed by atoms with Crippen LogP contribution in [-0.2, 0) is 0 Å². The molecule has 0 radical (unpaired) electrons. The van der Waals surface area contributed by atoms with E-state index in [1.165, 1.54) is 11.3 Å². The fourth-order valence-corrected chi connectivity index (χ4v) is 2.92. The lowest BCUT2D eigenvalue weighted by Crippen LogP contribution is -2.13. The molecule has 0 saturated carbocycles. The lowest BCUT2D eigenvalue weighted by molar-refractivity contribution is 0.103. The number of nitrogens with two attached hydrogens (primary N) is 1. The molecule has 0 aliphatic carbocycles. The van der Waals surface area contributed by atoms with Gasteiger partial charge in [-0.2, -0.15) is 0 Å². The summed E-state index contributed by atoms with van der Waals surface area (Å²) < 4.78 is 0.901. The van der Waals surface area contributed by atoms with Crippen LogP contribution in [0.5, 0.6) is 0 Å². The number of pyridine rings is 2. The Bertz CT molecular complexity index is 797. The average molecular weight is 284 g/mol. The summed E-state index contributed by atoms with van der Waals surface area (Å²) in [5, 5.41) is 3.70. The van der Waals surface area contributed by atoms with E-state index >= 15 is 0 Å². The fourth-order valence-electron chi connectivity index (χ4n) is 1.94. The number of aryl methyl sites for hydroxylation is 1. The van der Waals surface area contributed by atoms with Gasteiger partial charge in [0.05, 0.1) is 21.8 Å². The maximum absolute atomic E-state index is 12.3. The van der Waals surface area contributed by atoms with Crippen LogP contribution in [0.2, 0.25) is 0 Å². The fraction of sp³-hybridized carbons (Fsp3) is 0.0714. The molecule has 0 spiro atoms. The van der Waals surface area contributed by atoms with Crippen LogP contribution in [0, 0.1) is 6.92 Å². The molecular formula is C14H12N4OS. The molecule has 0 aliphatic rings. The van der Waals surface area contributed by atoms with E-state index in [9.17, 15) is 4.79 Å². The predicted molar refractivity (Wildman–Crippen MR) is 81.0 cm³/mol. The second-order valence-corrected chi connectivity index (χ2v) is 5.36. The first-order chi connectivity index (χ1) is 9.66. The minimum atomic E-state index is -0.222. The minimum absolute atomic E-state index is 0.222. The van der Waals surface area contributed by atoms with Crippen LogP contribution in [0.1, 0.15) is 15.4 Å². The van der Waals surface area contributed by atoms with E-state index in [1.54, 1.807) is 24.7 Å². The number of hydrogen-bond donors (Lipinski definition) is 2. The average Bonchev–Trinajstić information content (AvgIpc) is 2.79. The molecule has 3 heterocycles. The highest BCUT2D eigenvalue weighted by molar-refractivity contribution is 7.21. The number of aromatic nitrogens is 2. The minimum Gasteiger partial charge on any atom is -0.397 e. The number of nitrogens with one attached hydrogen (secondary N) is 1. The van der Waals surface area contributed by atoms with Gasteiger partial charge in [-0.05, 0) is 25.1 Å². The first-order valence-corrected chi connectivity index (χ1v) is 6.83. The SMILES string of the molecule is Cc1ncccc1NC(=O)c1sc2cnccc2c1N. The van der Waals surface area contributed by atoms with Gasteiger partial charge in [-0.15, -0.1) is 11.3 Å². The van der Waals surface area contributed by atoms with Crippen LogP contribution in [0.15, 0.2) is 36.8 Å². The standard InChI is InChI=1S/C14H12N4OS/c1-8-10(3-2-5-17-8)18-14(19)13-12(15)9-4-6-16-7-11(9)20-13/h2-7H,15H2,1H3,(H,18,19). The third kappa shape index (κ3) is 2.10. The third-order valence-electron chi connectivity index (χ3n) is 2.99. The van der Waals surface area contributed by atoms with E-state index in [-0.39, 0.29) is 5.91 Å². The Kier molecular flexibility index (Phi) is 3.08. The predicted octanol–water partition coefficient (Wildman–Crippen LogP) is 2.83. The van der Waals surface area contributed by atoms with Crippen LogP contribution in [-0.4, -0.2) is 15.9 Å². The zero-order chi connectivity index (χ0) is 14.1. The second kappa shape index (κ2) is 4.90. The lowest BCUT2D eigenvalue weighted by Gasteiger charge is -2.06. The zero-order valence-electron chi connectivity index (χ0n) is 10.8. The van der Waals surface area contributed by atoms with Crippen LogP contribution < -0.4 is 11.1 Å². The van der Waals surface area contributed by atoms with E-state index < -0.39 is 0 Å². The van der Waals surface area contributed by atoms with Gasteiger partial charge in [0.1, 0.15) is 4.88 Å². The highest BCUT2D eigenvalue weighted by Crippen LogP contribution is 2.33. The number of amides is 1. The van der Waals surface area contributed by atoms with Gasteiger partial charge in [0.2, 0.25) is 0 Å². The second-order valence-electron chi connectivity index (χ2n) is 4.31. The van der Waals surface area contributed by atoms with Gasteiger partial charge in [0.15, 0.2) is 0 Å². The number of hydrogen-bond acceptors (Lipinski definition) is 5. The normalized spacial score (nSPS) is 10.7. The number of fused-ring (bicyclic) bond motifs is 1. The van der Waals surface area contributed by atoms with E-state index in [4.69, 9.17) is 5.73 Å². The van der Waals surface area contributed by atoms with Crippen molar-refractivity contribution in [2.75, 3.05) is 11.1 Å². The number of rotatable bonds is 2. The van der Waals surface area contributed by atoms with Crippen molar-refractivity contribution in [2.24, 2.45) is 0 Å². The molecule has 0 fully saturated rings. The number of nitrogen functional groups attached to an aromatic ring is 1. The highest BCUT2D eigenvalue weighted by atomic mass is 32.1. The van der Waals surface area contributed by atoms with Crippen LogP contribution in [0.25, 0.3) is 10.1 Å². The molecule has 1 amide bonds. The Labute approximate surface area is 119 Å². The van der Waals surface area contributed by atoms with E-state index in [0.717, 1.165) is 15.8 Å². The maximum atomic E-state index is 12.3. The van der Waals surface area contributed by atoms with Crippen molar-refractivity contribution in [3.05, 3.63) is 47.4 Å². The molecular weight excluding hydrogens is 272 g/mol. The summed E-state index contributed by atoms with van der Waals surface area (Å²) in [6.07, 6.45) is 5.06. The van der Waals surface area contributed by atoms with Crippen molar-refractivity contribution in [3.8, 4) is 0 Å². The van der Waals surface area contributed by atoms with Crippen LogP contribution in [0.4, 0.5) is 11.4 Å². The van der Waals surface area contributed by atoms with Crippen molar-refractivity contribution in [1.29, 1.82) is 0 Å². The highest BCUT2D eigenvalue weighted by Gasteiger charge is 2.17. The summed E-state index contributed by atoms with van der Waals surface area (Å²) in [5.41, 5.74) is 7.98. The molecule has 20 heavy (non-hydrogen) atoms. The summed E-state index contributed by atoms with van der Waals surface area (Å²) in [6, 6.07) is 5.40. The number of thiophene rings is 1. The summed E-state index contributed by atoms with van der Waals surface area (Å²) >= 11 is 1.34. The monoisotopic (exact) mass is 284 g/mol. The molecule has 0 bridgehead atoms. The molecule has 0 aromatic carbocycles. The third-order valence-corrected chi connectivity index (χ3v) is 4.15. The Morgan fingerprint density at radius 2 is 2.20 bits per heavy atom. The molecule has 6 heteroatoms. The molecule has 0 atom stereocenters. The van der Waals surface area contributed by atoms with Crippen molar-refractivity contribution in [2.45, 2.75) is 6.92 Å². The Morgan fingerprint density at radius 3 is 2.95 bits per heavy atom. The van der Waals surface area contributed by atoms with Gasteiger partial charge in [0, 0.05) is 24.0 Å². The summed E-state index contributed by atoms with van der Waals surface area (Å²) in [4.78, 5) is 21.0. The van der Waals surface area contributed by atoms with Gasteiger partial charge in [-0.1, -0.05) is 0 Å². The van der Waals surface area contributed by atoms with Crippen molar-refractivity contribution >= 4 is 38.7 Å². The quantitative estimate of drug-likeness (QED) is 0.758. The molecule has 3 aromatic heterocycles. The van der Waals surface area contributed by atoms with E-state index in [0.29, 0.717) is 16.3 Å². The van der Waals surface area contributed by atoms with E-state index in [2.05, 4.69) is 15.3 Å². The van der Waals surface area contributed by atoms with Gasteiger partial charge >= 0.3 is 0 Å². The van der Waals surface area contributed by atoms with Gasteiger partial charge in [-0.25, -0.2) is 0 Å². The lowest BCUT2D eigenvalue weighted by atomic mass is 10.2. The molecule has 3 rings (SSSR count). The Balaban J connectivity index is 1.97. The molecule has 3 N–H and O–H groups in total. The first kappa shape index (κ1) is 12.6. The smallest absolute Gasteiger partial charge is 0.267 e. The van der Waals surface area contributed by atoms with Crippen LogP contribution in [0.3, 0.4) is 0 Å². The van der Waals surface area contributed by atoms with Gasteiger partial charge < -0.3 is 11.1 Å². The van der Waals surface area contributed by atoms with Crippen LogP contribution >= 0.6 is 11.3 Å². The molecule has 3 aromatic rings. The summed E-state index contributed by atoms with van der Waals surface area (Å²) in [6.45, 7) is 1.84. The zero-order valence-corrected chi connectivity index (χ0v) is 11.6. The number of anilines is 2. The number of nitrogens with zero attached hydrogens (tertiary/aromatic N) is 2. The summed E-state index contributed by atoms with van der Waals surface area (Å²) in [5.74, 6) is -0.222. The van der Waals surface area contributed by atoms with E-state index in [1.807, 2.05) is 19.1 Å². The number of carbonyl (C=O) groups is 1. The topological polar surface area (TPSA) is 80.9 Å². The van der Waals surface area contributed by atoms with Crippen molar-refractivity contribution in [3.63, 3.8) is 0 Å². The van der Waals surface area contributed by atoms with Gasteiger partial charge in [-0.3, -0.25) is 14.8 Å². The molecule has 100 valence electrons.